The monoisotopic (exact) mass is 335 g/mol. The van der Waals surface area contributed by atoms with Crippen LogP contribution in [-0.2, 0) is 0 Å². The highest BCUT2D eigenvalue weighted by molar-refractivity contribution is 7.19. The second kappa shape index (κ2) is 7.64. The van der Waals surface area contributed by atoms with Crippen molar-refractivity contribution in [3.63, 3.8) is 0 Å². The largest absolute Gasteiger partial charge is 0.355 e. The van der Waals surface area contributed by atoms with Gasteiger partial charge in [-0.2, -0.15) is 0 Å². The van der Waals surface area contributed by atoms with Gasteiger partial charge in [0.1, 0.15) is 0 Å². The van der Waals surface area contributed by atoms with Crippen molar-refractivity contribution in [3.05, 3.63) is 28.2 Å². The van der Waals surface area contributed by atoms with Crippen LogP contribution in [0, 0.1) is 0 Å². The van der Waals surface area contributed by atoms with Crippen molar-refractivity contribution in [1.82, 2.24) is 15.4 Å². The number of nitrogens with one attached hydrogen (secondary N) is 1. The van der Waals surface area contributed by atoms with Crippen molar-refractivity contribution in [2.24, 2.45) is 0 Å². The lowest BCUT2D eigenvalue weighted by Gasteiger charge is -2.14. The maximum absolute atomic E-state index is 12.1. The summed E-state index contributed by atoms with van der Waals surface area (Å²) in [5.41, 5.74) is 0.304. The van der Waals surface area contributed by atoms with Gasteiger partial charge in [-0.3, -0.25) is 4.79 Å². The maximum atomic E-state index is 12.1. The average molecular weight is 336 g/mol. The van der Waals surface area contributed by atoms with Crippen LogP contribution in [0.3, 0.4) is 0 Å². The number of rotatable bonds is 5. The number of thiophene rings is 1. The molecule has 1 amide bonds. The lowest BCUT2D eigenvalue weighted by Crippen LogP contribution is -2.32. The van der Waals surface area contributed by atoms with Crippen molar-refractivity contribution < 1.29 is 9.32 Å². The molecular weight excluding hydrogens is 321 g/mol. The average Bonchev–Trinajstić information content (AvgIpc) is 3.03. The molecule has 0 aliphatic carbocycles. The minimum Gasteiger partial charge on any atom is -0.355 e. The second-order valence-electron chi connectivity index (χ2n) is 4.01. The predicted octanol–water partition coefficient (Wildman–Crippen LogP) is 2.77. The van der Waals surface area contributed by atoms with Gasteiger partial charge in [-0.1, -0.05) is 16.8 Å². The fraction of sp³-hybridized carbons (Fsp3) is 0.333. The van der Waals surface area contributed by atoms with Crippen LogP contribution in [0.5, 0.6) is 0 Å². The van der Waals surface area contributed by atoms with Gasteiger partial charge < -0.3 is 14.7 Å². The van der Waals surface area contributed by atoms with Crippen LogP contribution in [0.4, 0.5) is 0 Å². The Morgan fingerprint density at radius 3 is 2.90 bits per heavy atom. The number of carbonyl (C=O) groups is 1. The van der Waals surface area contributed by atoms with Crippen molar-refractivity contribution in [3.8, 4) is 10.6 Å². The fourth-order valence-electron chi connectivity index (χ4n) is 1.52. The second-order valence-corrected chi connectivity index (χ2v) is 5.73. The summed E-state index contributed by atoms with van der Waals surface area (Å²) >= 11 is 7.25. The molecule has 0 bridgehead atoms. The molecule has 0 radical (unpaired) electrons. The lowest BCUT2D eigenvalue weighted by molar-refractivity contribution is 0.0786. The van der Waals surface area contributed by atoms with Crippen molar-refractivity contribution in [1.29, 1.82) is 0 Å². The Balaban J connectivity index is 0.00000200. The van der Waals surface area contributed by atoms with Crippen LogP contribution >= 0.6 is 35.3 Å². The highest BCUT2D eigenvalue weighted by Crippen LogP contribution is 2.31. The number of nitrogens with zero attached hydrogens (tertiary/aromatic N) is 2. The van der Waals surface area contributed by atoms with Crippen LogP contribution in [0.25, 0.3) is 10.6 Å². The van der Waals surface area contributed by atoms with Gasteiger partial charge in [0.2, 0.25) is 0 Å². The highest BCUT2D eigenvalue weighted by Gasteiger charge is 2.17. The van der Waals surface area contributed by atoms with E-state index in [2.05, 4.69) is 10.5 Å². The zero-order chi connectivity index (χ0) is 13.8. The number of halogens is 2. The Kier molecular flexibility index (Phi) is 6.48. The quantitative estimate of drug-likeness (QED) is 0.912. The van der Waals surface area contributed by atoms with Crippen LogP contribution in [0.1, 0.15) is 10.5 Å². The van der Waals surface area contributed by atoms with Gasteiger partial charge in [-0.05, 0) is 19.2 Å². The first-order valence-electron chi connectivity index (χ1n) is 5.74. The van der Waals surface area contributed by atoms with Crippen LogP contribution < -0.4 is 5.32 Å². The lowest BCUT2D eigenvalue weighted by atomic mass is 10.3. The molecule has 2 aromatic heterocycles. The van der Waals surface area contributed by atoms with Gasteiger partial charge in [0, 0.05) is 26.2 Å². The molecule has 0 fully saturated rings. The Hall–Kier alpha value is -1.08. The summed E-state index contributed by atoms with van der Waals surface area (Å²) < 4.78 is 5.85. The van der Waals surface area contributed by atoms with Crippen molar-refractivity contribution >= 4 is 41.3 Å². The third kappa shape index (κ3) is 3.96. The molecule has 8 heteroatoms. The molecule has 0 aliphatic rings. The molecule has 0 aliphatic heterocycles. The third-order valence-corrected chi connectivity index (χ3v) is 3.83. The molecule has 2 aromatic rings. The van der Waals surface area contributed by atoms with E-state index in [-0.39, 0.29) is 18.3 Å². The minimum absolute atomic E-state index is 0. The first kappa shape index (κ1) is 17.0. The normalized spacial score (nSPS) is 10.2. The van der Waals surface area contributed by atoms with Gasteiger partial charge in [-0.15, -0.1) is 23.7 Å². The molecule has 110 valence electrons. The molecule has 0 atom stereocenters. The molecule has 2 rings (SSSR count). The molecule has 1 N–H and O–H groups in total. The summed E-state index contributed by atoms with van der Waals surface area (Å²) in [6.07, 6.45) is 0. The van der Waals surface area contributed by atoms with E-state index >= 15 is 0 Å². The van der Waals surface area contributed by atoms with Crippen LogP contribution in [-0.4, -0.2) is 43.1 Å². The molecule has 0 unspecified atom stereocenters. The standard InChI is InChI=1S/C12H14ClN3O2S.ClH/c1-14-5-6-16(2)12(17)8-7-9(18-15-8)10-3-4-11(13)19-10;/h3-4,7,14H,5-6H2,1-2H3;1H. The van der Waals surface area contributed by atoms with E-state index in [0.29, 0.717) is 22.3 Å². The maximum Gasteiger partial charge on any atom is 0.275 e. The van der Waals surface area contributed by atoms with Gasteiger partial charge in [-0.25, -0.2) is 0 Å². The van der Waals surface area contributed by atoms with Crippen molar-refractivity contribution in [2.45, 2.75) is 0 Å². The topological polar surface area (TPSA) is 58.4 Å². The zero-order valence-electron chi connectivity index (χ0n) is 11.1. The van der Waals surface area contributed by atoms with Crippen molar-refractivity contribution in [2.75, 3.05) is 27.2 Å². The molecule has 2 heterocycles. The summed E-state index contributed by atoms with van der Waals surface area (Å²) in [7, 11) is 3.57. The first-order chi connectivity index (χ1) is 9.11. The Morgan fingerprint density at radius 2 is 2.30 bits per heavy atom. The van der Waals surface area contributed by atoms with Crippen LogP contribution in [0.2, 0.25) is 4.34 Å². The van der Waals surface area contributed by atoms with E-state index in [9.17, 15) is 4.79 Å². The molecule has 0 aromatic carbocycles. The molecule has 0 spiro atoms. The summed E-state index contributed by atoms with van der Waals surface area (Å²) in [6.45, 7) is 1.34. The van der Waals surface area contributed by atoms with Crippen LogP contribution in [0.15, 0.2) is 22.7 Å². The molecule has 5 nitrogen and oxygen atoms in total. The Labute approximate surface area is 132 Å². The van der Waals surface area contributed by atoms with E-state index in [1.165, 1.54) is 11.3 Å². The highest BCUT2D eigenvalue weighted by atomic mass is 35.5. The summed E-state index contributed by atoms with van der Waals surface area (Å²) in [5.74, 6) is 0.398. The molecule has 0 saturated heterocycles. The van der Waals surface area contributed by atoms with Gasteiger partial charge in [0.25, 0.3) is 5.91 Å². The van der Waals surface area contributed by atoms with E-state index in [0.717, 1.165) is 11.4 Å². The Morgan fingerprint density at radius 1 is 1.55 bits per heavy atom. The van der Waals surface area contributed by atoms with E-state index in [1.54, 1.807) is 24.1 Å². The SMILES string of the molecule is CNCCN(C)C(=O)c1cc(-c2ccc(Cl)s2)on1.Cl. The first-order valence-corrected chi connectivity index (χ1v) is 6.93. The van der Waals surface area contributed by atoms with Gasteiger partial charge in [0.15, 0.2) is 11.5 Å². The number of hydrogen-bond donors (Lipinski definition) is 1. The number of hydrogen-bond acceptors (Lipinski definition) is 5. The van der Waals surface area contributed by atoms with Gasteiger partial charge >= 0.3 is 0 Å². The number of carbonyl (C=O) groups excluding carboxylic acids is 1. The summed E-state index contributed by atoms with van der Waals surface area (Å²) in [4.78, 5) is 14.5. The summed E-state index contributed by atoms with van der Waals surface area (Å²) in [6, 6.07) is 5.26. The number of aromatic nitrogens is 1. The molecular formula is C12H15Cl2N3O2S. The molecule has 0 saturated carbocycles. The number of likely N-dealkylation sites (N-methyl/N-ethyl adjacent to an activating group) is 2. The Bertz CT molecular complexity index is 571. The van der Waals surface area contributed by atoms with E-state index in [1.807, 2.05) is 13.1 Å². The summed E-state index contributed by atoms with van der Waals surface area (Å²) in [5, 5.41) is 6.80. The molecule has 20 heavy (non-hydrogen) atoms. The predicted molar refractivity (Wildman–Crippen MR) is 83.0 cm³/mol. The smallest absolute Gasteiger partial charge is 0.275 e. The third-order valence-electron chi connectivity index (χ3n) is 2.59. The zero-order valence-corrected chi connectivity index (χ0v) is 13.4. The van der Waals surface area contributed by atoms with Gasteiger partial charge in [0.05, 0.1) is 9.21 Å². The number of amides is 1. The minimum atomic E-state index is -0.159. The van der Waals surface area contributed by atoms with E-state index in [4.69, 9.17) is 16.1 Å². The van der Waals surface area contributed by atoms with E-state index < -0.39 is 0 Å². The fourth-order valence-corrected chi connectivity index (χ4v) is 2.51.